The summed E-state index contributed by atoms with van der Waals surface area (Å²) in [5.74, 6) is 0.151. The van der Waals surface area contributed by atoms with E-state index in [9.17, 15) is 4.79 Å². The van der Waals surface area contributed by atoms with Crippen LogP contribution in [0.3, 0.4) is 0 Å². The van der Waals surface area contributed by atoms with Gasteiger partial charge in [0.1, 0.15) is 0 Å². The lowest BCUT2D eigenvalue weighted by Crippen LogP contribution is -2.40. The minimum absolute atomic E-state index is 0.151. The zero-order valence-electron chi connectivity index (χ0n) is 17.1. The van der Waals surface area contributed by atoms with E-state index in [1.54, 1.807) is 0 Å². The minimum atomic E-state index is -0.463. The van der Waals surface area contributed by atoms with E-state index >= 15 is 0 Å². The van der Waals surface area contributed by atoms with Crippen LogP contribution in [0.5, 0.6) is 0 Å². The molecule has 3 aromatic rings. The summed E-state index contributed by atoms with van der Waals surface area (Å²) in [7, 11) is 0. The SMILES string of the molecule is O=C(C/C=C/C(c1ccccc1)(c1ccccc1)c1ccccc1)N1CCOCC1. The molecule has 0 saturated carbocycles. The first-order valence-corrected chi connectivity index (χ1v) is 10.5. The summed E-state index contributed by atoms with van der Waals surface area (Å²) in [6.07, 6.45) is 4.62. The molecule has 1 aliphatic rings. The highest BCUT2D eigenvalue weighted by Gasteiger charge is 2.33. The molecule has 0 spiro atoms. The van der Waals surface area contributed by atoms with Gasteiger partial charge < -0.3 is 9.64 Å². The molecule has 1 fully saturated rings. The Morgan fingerprint density at radius 3 is 1.63 bits per heavy atom. The van der Waals surface area contributed by atoms with Crippen molar-refractivity contribution in [3.05, 3.63) is 120 Å². The second-order valence-electron chi connectivity index (χ2n) is 7.51. The summed E-state index contributed by atoms with van der Waals surface area (Å²) in [6, 6.07) is 31.5. The summed E-state index contributed by atoms with van der Waals surface area (Å²) in [6.45, 7) is 2.59. The maximum Gasteiger partial charge on any atom is 0.226 e. The summed E-state index contributed by atoms with van der Waals surface area (Å²) in [4.78, 5) is 14.6. The van der Waals surface area contributed by atoms with E-state index in [2.05, 4.69) is 78.9 Å². The van der Waals surface area contributed by atoms with Gasteiger partial charge in [-0.1, -0.05) is 103 Å². The molecule has 0 unspecified atom stereocenters. The Morgan fingerprint density at radius 2 is 1.20 bits per heavy atom. The zero-order valence-corrected chi connectivity index (χ0v) is 17.1. The van der Waals surface area contributed by atoms with Crippen molar-refractivity contribution in [2.45, 2.75) is 11.8 Å². The van der Waals surface area contributed by atoms with Crippen LogP contribution in [0.25, 0.3) is 0 Å². The van der Waals surface area contributed by atoms with Crippen molar-refractivity contribution in [3.63, 3.8) is 0 Å². The molecule has 3 nitrogen and oxygen atoms in total. The van der Waals surface area contributed by atoms with Gasteiger partial charge in [0.05, 0.1) is 18.6 Å². The Hall–Kier alpha value is -3.17. The second kappa shape index (κ2) is 9.55. The van der Waals surface area contributed by atoms with Gasteiger partial charge >= 0.3 is 0 Å². The van der Waals surface area contributed by atoms with Gasteiger partial charge in [-0.2, -0.15) is 0 Å². The first kappa shape index (κ1) is 20.1. The quantitative estimate of drug-likeness (QED) is 0.441. The van der Waals surface area contributed by atoms with Gasteiger partial charge in [0.25, 0.3) is 0 Å². The fourth-order valence-electron chi connectivity index (χ4n) is 4.17. The van der Waals surface area contributed by atoms with E-state index in [4.69, 9.17) is 4.74 Å². The maximum atomic E-state index is 12.7. The molecule has 0 bridgehead atoms. The molecule has 0 radical (unpaired) electrons. The average Bonchev–Trinajstić information content (AvgIpc) is 2.84. The standard InChI is InChI=1S/C27H27NO2/c29-26(28-19-21-30-22-20-28)17-10-18-27(23-11-4-1-5-12-23,24-13-6-2-7-14-24)25-15-8-3-9-16-25/h1-16,18H,17,19-22H2/b18-10+. The fourth-order valence-corrected chi connectivity index (χ4v) is 4.17. The summed E-state index contributed by atoms with van der Waals surface area (Å²) < 4.78 is 5.37. The van der Waals surface area contributed by atoms with Crippen molar-refractivity contribution in [1.29, 1.82) is 0 Å². The number of nitrogens with zero attached hydrogens (tertiary/aromatic N) is 1. The topological polar surface area (TPSA) is 29.5 Å². The van der Waals surface area contributed by atoms with E-state index < -0.39 is 5.41 Å². The van der Waals surface area contributed by atoms with Crippen molar-refractivity contribution in [3.8, 4) is 0 Å². The highest BCUT2D eigenvalue weighted by Crippen LogP contribution is 2.40. The summed E-state index contributed by atoms with van der Waals surface area (Å²) in [5.41, 5.74) is 3.07. The van der Waals surface area contributed by atoms with Gasteiger partial charge in [0.2, 0.25) is 5.91 Å². The van der Waals surface area contributed by atoms with Crippen molar-refractivity contribution in [1.82, 2.24) is 4.90 Å². The van der Waals surface area contributed by atoms with E-state index in [-0.39, 0.29) is 5.91 Å². The van der Waals surface area contributed by atoms with Gasteiger partial charge in [-0.05, 0) is 16.7 Å². The molecule has 3 aromatic carbocycles. The minimum Gasteiger partial charge on any atom is -0.378 e. The lowest BCUT2D eigenvalue weighted by Gasteiger charge is -2.33. The Kier molecular flexibility index (Phi) is 6.41. The summed E-state index contributed by atoms with van der Waals surface area (Å²) >= 11 is 0. The predicted molar refractivity (Wildman–Crippen MR) is 120 cm³/mol. The first-order chi connectivity index (χ1) is 14.8. The molecule has 152 valence electrons. The fraction of sp³-hybridized carbons (Fsp3) is 0.222. The lowest BCUT2D eigenvalue weighted by atomic mass is 9.69. The number of carbonyl (C=O) groups is 1. The number of benzene rings is 3. The molecule has 1 heterocycles. The zero-order chi connectivity index (χ0) is 20.7. The molecular weight excluding hydrogens is 370 g/mol. The number of ether oxygens (including phenoxy) is 1. The smallest absolute Gasteiger partial charge is 0.226 e. The second-order valence-corrected chi connectivity index (χ2v) is 7.51. The molecule has 1 amide bonds. The lowest BCUT2D eigenvalue weighted by molar-refractivity contribution is -0.134. The third-order valence-electron chi connectivity index (χ3n) is 5.71. The number of morpholine rings is 1. The van der Waals surface area contributed by atoms with Crippen LogP contribution in [-0.2, 0) is 14.9 Å². The molecule has 4 rings (SSSR count). The van der Waals surface area contributed by atoms with Crippen molar-refractivity contribution < 1.29 is 9.53 Å². The molecule has 1 saturated heterocycles. The van der Waals surface area contributed by atoms with Crippen molar-refractivity contribution >= 4 is 5.91 Å². The Balaban J connectivity index is 1.76. The number of hydrogen-bond donors (Lipinski definition) is 0. The highest BCUT2D eigenvalue weighted by molar-refractivity contribution is 5.78. The largest absolute Gasteiger partial charge is 0.378 e. The van der Waals surface area contributed by atoms with Crippen molar-refractivity contribution in [2.75, 3.05) is 26.3 Å². The van der Waals surface area contributed by atoms with Gasteiger partial charge in [0.15, 0.2) is 0 Å². The number of amides is 1. The van der Waals surface area contributed by atoms with Crippen LogP contribution in [-0.4, -0.2) is 37.1 Å². The van der Waals surface area contributed by atoms with Crippen LogP contribution in [0.4, 0.5) is 0 Å². The van der Waals surface area contributed by atoms with Crippen LogP contribution in [0.1, 0.15) is 23.1 Å². The van der Waals surface area contributed by atoms with Gasteiger partial charge in [-0.3, -0.25) is 4.79 Å². The Bertz CT molecular complexity index is 865. The predicted octanol–water partition coefficient (Wildman–Crippen LogP) is 4.83. The van der Waals surface area contributed by atoms with Gasteiger partial charge in [-0.15, -0.1) is 0 Å². The van der Waals surface area contributed by atoms with Crippen molar-refractivity contribution in [2.24, 2.45) is 0 Å². The Morgan fingerprint density at radius 1 is 0.767 bits per heavy atom. The van der Waals surface area contributed by atoms with Crippen LogP contribution < -0.4 is 0 Å². The van der Waals surface area contributed by atoms with E-state index in [0.717, 1.165) is 0 Å². The van der Waals surface area contributed by atoms with E-state index in [0.29, 0.717) is 32.7 Å². The molecule has 30 heavy (non-hydrogen) atoms. The molecular formula is C27H27NO2. The normalized spacial score (nSPS) is 14.7. The number of carbonyl (C=O) groups excluding carboxylic acids is 1. The summed E-state index contributed by atoms with van der Waals surface area (Å²) in [5, 5.41) is 0. The highest BCUT2D eigenvalue weighted by atomic mass is 16.5. The molecule has 0 N–H and O–H groups in total. The number of allylic oxidation sites excluding steroid dienone is 1. The first-order valence-electron chi connectivity index (χ1n) is 10.5. The van der Waals surface area contributed by atoms with Gasteiger partial charge in [-0.25, -0.2) is 0 Å². The van der Waals surface area contributed by atoms with E-state index in [1.165, 1.54) is 16.7 Å². The average molecular weight is 398 g/mol. The number of hydrogen-bond acceptors (Lipinski definition) is 2. The molecule has 3 heteroatoms. The third kappa shape index (κ3) is 4.22. The van der Waals surface area contributed by atoms with Crippen LogP contribution >= 0.6 is 0 Å². The monoisotopic (exact) mass is 397 g/mol. The van der Waals surface area contributed by atoms with Crippen LogP contribution in [0, 0.1) is 0 Å². The Labute approximate surface area is 178 Å². The molecule has 0 aliphatic carbocycles. The van der Waals surface area contributed by atoms with Gasteiger partial charge in [0, 0.05) is 19.5 Å². The molecule has 1 aliphatic heterocycles. The maximum absolute atomic E-state index is 12.7. The number of rotatable bonds is 6. The third-order valence-corrected chi connectivity index (χ3v) is 5.71. The molecule has 0 atom stereocenters. The van der Waals surface area contributed by atoms with E-state index in [1.807, 2.05) is 29.2 Å². The molecule has 0 aromatic heterocycles. The van der Waals surface area contributed by atoms with Crippen LogP contribution in [0.15, 0.2) is 103 Å². The van der Waals surface area contributed by atoms with Crippen LogP contribution in [0.2, 0.25) is 0 Å².